The molecule has 3 amide bonds. The van der Waals surface area contributed by atoms with E-state index in [-0.39, 0.29) is 0 Å². The molecule has 0 atom stereocenters. The highest BCUT2D eigenvalue weighted by Gasteiger charge is 2.17. The first-order valence-electron chi connectivity index (χ1n) is 6.97. The van der Waals surface area contributed by atoms with Crippen LogP contribution in [0, 0.1) is 11.8 Å². The number of hydrogen-bond donors (Lipinski definition) is 3. The number of aliphatic carboxylic acids is 1. The lowest BCUT2D eigenvalue weighted by Crippen LogP contribution is -2.39. The summed E-state index contributed by atoms with van der Waals surface area (Å²) in [5, 5.41) is 13.0. The molecule has 0 aliphatic heterocycles. The van der Waals surface area contributed by atoms with Gasteiger partial charge in [0.2, 0.25) is 0 Å². The maximum atomic E-state index is 11.4. The standard InChI is InChI=1S/C14H22N2O4/c1-10-2-4-11(5-3-10)8-9-15-14(20)16-12(17)6-7-13(18)19/h6-7,10-11H,2-5,8-9H2,1H3,(H,18,19)(H2,15,16,17,20). The van der Waals surface area contributed by atoms with Crippen LogP contribution in [0.4, 0.5) is 4.79 Å². The van der Waals surface area contributed by atoms with Crippen LogP contribution >= 0.6 is 0 Å². The van der Waals surface area contributed by atoms with Crippen molar-refractivity contribution < 1.29 is 19.5 Å². The van der Waals surface area contributed by atoms with Gasteiger partial charge in [0, 0.05) is 18.7 Å². The van der Waals surface area contributed by atoms with E-state index in [9.17, 15) is 14.4 Å². The molecule has 0 radical (unpaired) electrons. The average Bonchev–Trinajstić information content (AvgIpc) is 2.38. The minimum absolute atomic E-state index is 0.529. The van der Waals surface area contributed by atoms with Gasteiger partial charge in [0.25, 0.3) is 5.91 Å². The largest absolute Gasteiger partial charge is 0.478 e. The third-order valence-corrected chi connectivity index (χ3v) is 3.59. The van der Waals surface area contributed by atoms with Gasteiger partial charge in [-0.05, 0) is 18.3 Å². The van der Waals surface area contributed by atoms with Gasteiger partial charge < -0.3 is 10.4 Å². The van der Waals surface area contributed by atoms with E-state index in [1.54, 1.807) is 0 Å². The molecule has 112 valence electrons. The summed E-state index contributed by atoms with van der Waals surface area (Å²) in [6.45, 7) is 2.79. The van der Waals surface area contributed by atoms with E-state index in [2.05, 4.69) is 12.2 Å². The summed E-state index contributed by atoms with van der Waals surface area (Å²) in [4.78, 5) is 32.7. The van der Waals surface area contributed by atoms with Crippen molar-refractivity contribution in [3.8, 4) is 0 Å². The van der Waals surface area contributed by atoms with Crippen LogP contribution in [0.25, 0.3) is 0 Å². The Morgan fingerprint density at radius 2 is 1.80 bits per heavy atom. The first-order chi connectivity index (χ1) is 9.47. The Morgan fingerprint density at radius 1 is 1.15 bits per heavy atom. The molecule has 0 heterocycles. The lowest BCUT2D eigenvalue weighted by Gasteiger charge is -2.26. The summed E-state index contributed by atoms with van der Waals surface area (Å²) in [6, 6.07) is -0.589. The van der Waals surface area contributed by atoms with E-state index >= 15 is 0 Å². The molecule has 6 heteroatoms. The van der Waals surface area contributed by atoms with Gasteiger partial charge in [-0.3, -0.25) is 10.1 Å². The van der Waals surface area contributed by atoms with Gasteiger partial charge in [0.05, 0.1) is 0 Å². The van der Waals surface area contributed by atoms with Crippen molar-refractivity contribution in [2.75, 3.05) is 6.54 Å². The van der Waals surface area contributed by atoms with Gasteiger partial charge in [0.1, 0.15) is 0 Å². The van der Waals surface area contributed by atoms with Gasteiger partial charge in [-0.15, -0.1) is 0 Å². The minimum atomic E-state index is -1.23. The van der Waals surface area contributed by atoms with Gasteiger partial charge >= 0.3 is 12.0 Å². The summed E-state index contributed by atoms with van der Waals surface area (Å²) in [6.07, 6.45) is 7.30. The van der Waals surface area contributed by atoms with Crippen LogP contribution in [-0.2, 0) is 9.59 Å². The summed E-state index contributed by atoms with van der Waals surface area (Å²) >= 11 is 0. The summed E-state index contributed by atoms with van der Waals surface area (Å²) in [5.74, 6) is -0.515. The molecule has 1 rings (SSSR count). The molecule has 0 spiro atoms. The molecule has 6 nitrogen and oxygen atoms in total. The van der Waals surface area contributed by atoms with E-state index in [4.69, 9.17) is 5.11 Å². The van der Waals surface area contributed by atoms with Crippen molar-refractivity contribution in [1.82, 2.24) is 10.6 Å². The highest BCUT2D eigenvalue weighted by Crippen LogP contribution is 2.29. The Morgan fingerprint density at radius 3 is 2.40 bits per heavy atom. The normalized spacial score (nSPS) is 22.4. The molecule has 0 aromatic rings. The van der Waals surface area contributed by atoms with Crippen molar-refractivity contribution in [3.63, 3.8) is 0 Å². The van der Waals surface area contributed by atoms with Crippen LogP contribution in [0.15, 0.2) is 12.2 Å². The third-order valence-electron chi connectivity index (χ3n) is 3.59. The average molecular weight is 282 g/mol. The van der Waals surface area contributed by atoms with Crippen LogP contribution in [0.5, 0.6) is 0 Å². The zero-order valence-corrected chi connectivity index (χ0v) is 11.7. The number of urea groups is 1. The molecule has 3 N–H and O–H groups in total. The van der Waals surface area contributed by atoms with Gasteiger partial charge in [-0.1, -0.05) is 32.6 Å². The molecule has 0 aromatic heterocycles. The number of amides is 3. The number of carbonyl (C=O) groups excluding carboxylic acids is 2. The zero-order chi connectivity index (χ0) is 15.0. The number of nitrogens with one attached hydrogen (secondary N) is 2. The second-order valence-electron chi connectivity index (χ2n) is 5.33. The van der Waals surface area contributed by atoms with Crippen molar-refractivity contribution in [2.45, 2.75) is 39.0 Å². The Hall–Kier alpha value is -1.85. The monoisotopic (exact) mass is 282 g/mol. The maximum Gasteiger partial charge on any atom is 0.328 e. The quantitative estimate of drug-likeness (QED) is 0.668. The first-order valence-corrected chi connectivity index (χ1v) is 6.97. The van der Waals surface area contributed by atoms with Crippen molar-refractivity contribution >= 4 is 17.9 Å². The fourth-order valence-electron chi connectivity index (χ4n) is 2.35. The maximum absolute atomic E-state index is 11.4. The van der Waals surface area contributed by atoms with E-state index in [1.807, 2.05) is 5.32 Å². The topological polar surface area (TPSA) is 95.5 Å². The lowest BCUT2D eigenvalue weighted by atomic mass is 9.81. The second-order valence-corrected chi connectivity index (χ2v) is 5.33. The SMILES string of the molecule is CC1CCC(CCNC(=O)NC(=O)C=CC(=O)O)CC1. The number of rotatable bonds is 5. The first kappa shape index (κ1) is 16.2. The number of hydrogen-bond acceptors (Lipinski definition) is 3. The van der Waals surface area contributed by atoms with Crippen LogP contribution in [-0.4, -0.2) is 29.6 Å². The Bertz CT molecular complexity index is 385. The third kappa shape index (κ3) is 6.92. The molecule has 1 fully saturated rings. The number of carboxylic acids is 1. The number of carboxylic acid groups (broad SMARTS) is 1. The molecule has 1 saturated carbocycles. The number of imide groups is 1. The lowest BCUT2D eigenvalue weighted by molar-refractivity contribution is -0.131. The van der Waals surface area contributed by atoms with Gasteiger partial charge in [0.15, 0.2) is 0 Å². The van der Waals surface area contributed by atoms with E-state index < -0.39 is 17.9 Å². The van der Waals surface area contributed by atoms with Crippen LogP contribution in [0.2, 0.25) is 0 Å². The molecule has 0 aromatic carbocycles. The Kier molecular flexibility index (Phi) is 6.76. The van der Waals surface area contributed by atoms with Crippen LogP contribution < -0.4 is 10.6 Å². The van der Waals surface area contributed by atoms with Crippen molar-refractivity contribution in [1.29, 1.82) is 0 Å². The summed E-state index contributed by atoms with van der Waals surface area (Å²) in [7, 11) is 0. The van der Waals surface area contributed by atoms with Crippen molar-refractivity contribution in [3.05, 3.63) is 12.2 Å². The smallest absolute Gasteiger partial charge is 0.328 e. The molecule has 0 saturated heterocycles. The Labute approximate surface area is 118 Å². The summed E-state index contributed by atoms with van der Waals surface area (Å²) in [5.41, 5.74) is 0. The molecule has 0 unspecified atom stereocenters. The second kappa shape index (κ2) is 8.35. The van der Waals surface area contributed by atoms with Crippen LogP contribution in [0.1, 0.15) is 39.0 Å². The minimum Gasteiger partial charge on any atom is -0.478 e. The highest BCUT2D eigenvalue weighted by molar-refractivity contribution is 6.02. The Balaban J connectivity index is 2.14. The molecular weight excluding hydrogens is 260 g/mol. The predicted octanol–water partition coefficient (Wildman–Crippen LogP) is 1.67. The van der Waals surface area contributed by atoms with E-state index in [0.717, 1.165) is 18.4 Å². The van der Waals surface area contributed by atoms with Gasteiger partial charge in [-0.2, -0.15) is 0 Å². The fourth-order valence-corrected chi connectivity index (χ4v) is 2.35. The van der Waals surface area contributed by atoms with Gasteiger partial charge in [-0.25, -0.2) is 9.59 Å². The van der Waals surface area contributed by atoms with Crippen LogP contribution in [0.3, 0.4) is 0 Å². The predicted molar refractivity (Wildman–Crippen MR) is 74.1 cm³/mol. The zero-order valence-electron chi connectivity index (χ0n) is 11.7. The fraction of sp³-hybridized carbons (Fsp3) is 0.643. The molecule has 1 aliphatic carbocycles. The van der Waals surface area contributed by atoms with Crippen molar-refractivity contribution in [2.24, 2.45) is 11.8 Å². The van der Waals surface area contributed by atoms with E-state index in [1.165, 1.54) is 25.7 Å². The number of carbonyl (C=O) groups is 3. The molecule has 20 heavy (non-hydrogen) atoms. The summed E-state index contributed by atoms with van der Waals surface area (Å²) < 4.78 is 0. The molecular formula is C14H22N2O4. The highest BCUT2D eigenvalue weighted by atomic mass is 16.4. The molecule has 1 aliphatic rings. The molecule has 0 bridgehead atoms. The van der Waals surface area contributed by atoms with E-state index in [0.29, 0.717) is 18.5 Å².